The molecule has 0 saturated heterocycles. The molecule has 0 unspecified atom stereocenters. The molecule has 8 heteroatoms. The first kappa shape index (κ1) is 34.6. The summed E-state index contributed by atoms with van der Waals surface area (Å²) in [5, 5.41) is 14.5. The monoisotopic (exact) mass is 836 g/mol. The smallest absolute Gasteiger partial charge is 0.192 e. The number of aromatic nitrogens is 2. The maximum absolute atomic E-state index is 5.99. The number of hydrogen-bond acceptors (Lipinski definition) is 4. The second-order valence-electron chi connectivity index (χ2n) is 19.2. The summed E-state index contributed by atoms with van der Waals surface area (Å²) in [5.74, 6) is 4.37. The molecule has 6 aliphatic heterocycles. The van der Waals surface area contributed by atoms with Gasteiger partial charge >= 0.3 is 5.91 Å². The van der Waals surface area contributed by atoms with Crippen molar-refractivity contribution >= 4 is 99.6 Å². The zero-order valence-corrected chi connectivity index (χ0v) is 37.3. The molecule has 8 aromatic carbocycles. The van der Waals surface area contributed by atoms with Crippen molar-refractivity contribution in [1.82, 2.24) is 9.13 Å². The topological polar surface area (TPSA) is 65.3 Å². The van der Waals surface area contributed by atoms with E-state index in [-0.39, 0.29) is 0 Å². The Morgan fingerprint density at radius 2 is 0.631 bits per heavy atom. The normalized spacial score (nSPS) is 16.4. The lowest BCUT2D eigenvalue weighted by molar-refractivity contribution is -0.790. The van der Waals surface area contributed by atoms with Gasteiger partial charge in [-0.15, -0.1) is 9.15 Å². The first-order valence-corrected chi connectivity index (χ1v) is 22.8. The molecule has 0 amide bonds. The Morgan fingerprint density at radius 3 is 0.969 bits per heavy atom. The number of hydrogen-bond donors (Lipinski definition) is 0. The molecule has 10 aromatic rings. The Kier molecular flexibility index (Phi) is 5.72. The summed E-state index contributed by atoms with van der Waals surface area (Å²) in [6, 6.07) is 35.4. The van der Waals surface area contributed by atoms with Crippen LogP contribution in [0.25, 0.3) is 64.6 Å². The van der Waals surface area contributed by atoms with Crippen LogP contribution in [-0.2, 0) is 5.91 Å². The van der Waals surface area contributed by atoms with Gasteiger partial charge in [0.2, 0.25) is 22.6 Å². The van der Waals surface area contributed by atoms with Crippen LogP contribution in [0.2, 0.25) is 0 Å². The van der Waals surface area contributed by atoms with Crippen LogP contribution in [0.1, 0.15) is 66.8 Å². The fourth-order valence-corrected chi connectivity index (χ4v) is 13.6. The van der Waals surface area contributed by atoms with E-state index in [1.807, 2.05) is 0 Å². The lowest BCUT2D eigenvalue weighted by atomic mass is 9.90. The number of fused-ring (bicyclic) bond motifs is 16. The van der Waals surface area contributed by atoms with Crippen LogP contribution in [0.3, 0.4) is 0 Å². The number of benzene rings is 8. The molecule has 0 aliphatic carbocycles. The predicted octanol–water partition coefficient (Wildman–Crippen LogP) is 10.8. The summed E-state index contributed by atoms with van der Waals surface area (Å²) in [6.07, 6.45) is 0. The van der Waals surface area contributed by atoms with Crippen molar-refractivity contribution in [3.05, 3.63) is 175 Å². The third-order valence-corrected chi connectivity index (χ3v) is 16.5. The number of aliphatic imine (C=N–C) groups is 2. The Hall–Kier alpha value is -7.84. The maximum atomic E-state index is 5.99. The molecule has 65 heavy (non-hydrogen) atoms. The third kappa shape index (κ3) is 3.40. The van der Waals surface area contributed by atoms with E-state index < -0.39 is 5.91 Å². The van der Waals surface area contributed by atoms with Gasteiger partial charge in [0.1, 0.15) is 0 Å². The van der Waals surface area contributed by atoms with E-state index >= 15 is 0 Å². The van der Waals surface area contributed by atoms with Crippen molar-refractivity contribution in [2.45, 2.75) is 61.3 Å². The average Bonchev–Trinajstić information content (AvgIpc) is 4.06. The quantitative estimate of drug-likeness (QED) is 0.137. The molecule has 1 spiro atoms. The van der Waals surface area contributed by atoms with Crippen LogP contribution in [-0.4, -0.2) is 41.6 Å². The minimum atomic E-state index is -1.12. The molecule has 0 radical (unpaired) electrons. The van der Waals surface area contributed by atoms with Crippen LogP contribution in [0.4, 0.5) is 11.6 Å². The van der Waals surface area contributed by atoms with Gasteiger partial charge in [0.15, 0.2) is 0 Å². The zero-order chi connectivity index (χ0) is 43.4. The highest BCUT2D eigenvalue weighted by Gasteiger charge is 2.70. The molecule has 0 saturated carbocycles. The highest BCUT2D eigenvalue weighted by atomic mass is 15.7. The van der Waals surface area contributed by atoms with Crippen molar-refractivity contribution in [2.75, 3.05) is 0 Å². The maximum Gasteiger partial charge on any atom is 0.404 e. The molecule has 8 nitrogen and oxygen atoms in total. The Morgan fingerprint density at radius 1 is 0.338 bits per heavy atom. The lowest BCUT2D eigenvalue weighted by Gasteiger charge is -2.40. The second kappa shape index (κ2) is 10.7. The van der Waals surface area contributed by atoms with Crippen molar-refractivity contribution in [2.24, 2.45) is 20.0 Å². The minimum Gasteiger partial charge on any atom is -0.192 e. The second-order valence-corrected chi connectivity index (χ2v) is 19.2. The van der Waals surface area contributed by atoms with Crippen molar-refractivity contribution < 1.29 is 9.15 Å². The number of rotatable bonds is 0. The first-order chi connectivity index (χ1) is 31.6. The van der Waals surface area contributed by atoms with E-state index in [1.165, 1.54) is 87.6 Å². The molecule has 6 aliphatic rings. The Balaban J connectivity index is 1.25. The van der Waals surface area contributed by atoms with Gasteiger partial charge in [-0.05, 0) is 143 Å². The van der Waals surface area contributed by atoms with Gasteiger partial charge in [-0.3, -0.25) is 0 Å². The molecule has 0 fully saturated rings. The van der Waals surface area contributed by atoms with Crippen LogP contribution < -0.4 is 11.0 Å². The van der Waals surface area contributed by atoms with Gasteiger partial charge in [0.05, 0.1) is 43.8 Å². The van der Waals surface area contributed by atoms with Crippen molar-refractivity contribution in [3.8, 4) is 0 Å². The molecule has 0 N–H and O–H groups in total. The van der Waals surface area contributed by atoms with Gasteiger partial charge in [-0.25, -0.2) is 0 Å². The lowest BCUT2D eigenvalue weighted by Crippen LogP contribution is -2.71. The molecular formula is C57H40N8+2. The summed E-state index contributed by atoms with van der Waals surface area (Å²) < 4.78 is 9.98. The number of aryl methyl sites for hydroxylation is 8. The zero-order valence-electron chi connectivity index (χ0n) is 37.3. The summed E-state index contributed by atoms with van der Waals surface area (Å²) >= 11 is 0. The molecule has 306 valence electrons. The Bertz CT molecular complexity index is 4210. The third-order valence-electron chi connectivity index (χ3n) is 16.5. The molecule has 2 aromatic heterocycles. The molecule has 0 bridgehead atoms. The summed E-state index contributed by atoms with van der Waals surface area (Å²) in [5.41, 5.74) is 16.1. The largest absolute Gasteiger partial charge is 0.404 e. The molecule has 8 heterocycles. The Labute approximate surface area is 372 Å². The van der Waals surface area contributed by atoms with Crippen LogP contribution >= 0.6 is 0 Å². The van der Waals surface area contributed by atoms with Crippen molar-refractivity contribution in [3.63, 3.8) is 0 Å². The average molecular weight is 837 g/mol. The molecular weight excluding hydrogens is 797 g/mol. The first-order valence-electron chi connectivity index (χ1n) is 22.8. The fraction of sp³-hybridized carbons (Fsp3) is 0.158. The van der Waals surface area contributed by atoms with Gasteiger partial charge in [0, 0.05) is 0 Å². The summed E-state index contributed by atoms with van der Waals surface area (Å²) in [6.45, 7) is 18.3. The highest BCUT2D eigenvalue weighted by Crippen LogP contribution is 2.56. The van der Waals surface area contributed by atoms with Crippen molar-refractivity contribution in [1.29, 1.82) is 0 Å². The summed E-state index contributed by atoms with van der Waals surface area (Å²) in [4.78, 5) is 24.0. The van der Waals surface area contributed by atoms with Crippen LogP contribution in [0.15, 0.2) is 117 Å². The summed E-state index contributed by atoms with van der Waals surface area (Å²) in [7, 11) is 0. The van der Waals surface area contributed by atoms with Gasteiger partial charge in [0.25, 0.3) is 23.3 Å². The molecule has 16 rings (SSSR count). The van der Waals surface area contributed by atoms with Gasteiger partial charge in [-0.1, -0.05) is 117 Å². The van der Waals surface area contributed by atoms with Gasteiger partial charge < -0.3 is 0 Å². The van der Waals surface area contributed by atoms with Crippen LogP contribution in [0.5, 0.6) is 0 Å². The number of nitrogens with zero attached hydrogens (tertiary/aromatic N) is 8. The number of amidine groups is 4. The van der Waals surface area contributed by atoms with Crippen LogP contribution in [0, 0.1) is 55.4 Å². The predicted molar refractivity (Wildman–Crippen MR) is 261 cm³/mol. The van der Waals surface area contributed by atoms with E-state index in [0.29, 0.717) is 0 Å². The fourth-order valence-electron chi connectivity index (χ4n) is 13.6. The van der Waals surface area contributed by atoms with E-state index in [4.69, 9.17) is 20.0 Å². The minimum absolute atomic E-state index is 0.916. The highest BCUT2D eigenvalue weighted by molar-refractivity contribution is 6.26. The van der Waals surface area contributed by atoms with E-state index in [1.54, 1.807) is 0 Å². The van der Waals surface area contributed by atoms with E-state index in [2.05, 4.69) is 171 Å². The van der Waals surface area contributed by atoms with Gasteiger partial charge in [-0.2, -0.15) is 9.13 Å². The molecule has 0 atom stereocenters. The van der Waals surface area contributed by atoms with E-state index in [9.17, 15) is 0 Å². The van der Waals surface area contributed by atoms with E-state index in [0.717, 1.165) is 89.8 Å². The SMILES string of the molecule is Cc1c2c(c(C)c3ccccc13)C1=[N+]3C2=Nc2c4c(C)c5ccccc5c(C)c4c4n2C32n3c(c5c(C)c6ccccc6c(C)c5c3=NC3=[N+]2C(=N4)c2c3c(C)c3ccccc3c2C)=N1. The standard InChI is InChI=1S/C57H40N8/c1-25-33-17-9-10-18-34(33)26(2)42-41(25)49-58-51-43-27(3)35-19-11-12-20-36(35)28(4)44(43)53-60-55-47-31(7)39-23-15-16-24-40(39)32(8)48(47)56-61-54-46-30(6)38-22-14-13-21-37(38)29(5)45(46)52-59-50(42)62(49)57(63(51)53,64(52)54)65(55)56/h9-24H,1-8H3/q+2.